The number of carbonyl (C=O) groups excluding carboxylic acids is 2. The molecule has 0 radical (unpaired) electrons. The number of hydrogen-bond acceptors (Lipinski definition) is 3. The summed E-state index contributed by atoms with van der Waals surface area (Å²) in [6.45, 7) is 3.21. The Labute approximate surface area is 122 Å². The quantitative estimate of drug-likeness (QED) is 0.670. The van der Waals surface area contributed by atoms with E-state index in [0.717, 1.165) is 16.7 Å². The molecule has 0 saturated carbocycles. The van der Waals surface area contributed by atoms with Crippen molar-refractivity contribution < 1.29 is 19.5 Å². The van der Waals surface area contributed by atoms with E-state index >= 15 is 0 Å². The predicted molar refractivity (Wildman–Crippen MR) is 78.6 cm³/mol. The number of aliphatic carboxylic acids is 1. The van der Waals surface area contributed by atoms with Gasteiger partial charge in [0.15, 0.2) is 0 Å². The first-order chi connectivity index (χ1) is 9.88. The molecular formula is C15H18N2O4. The lowest BCUT2D eigenvalue weighted by Gasteiger charge is -2.03. The van der Waals surface area contributed by atoms with E-state index in [0.29, 0.717) is 0 Å². The van der Waals surface area contributed by atoms with Crippen LogP contribution in [0.2, 0.25) is 0 Å². The molecule has 0 aliphatic rings. The Balaban J connectivity index is 2.44. The number of carboxylic acid groups (broad SMARTS) is 1. The zero-order valence-corrected chi connectivity index (χ0v) is 12.0. The average molecular weight is 290 g/mol. The van der Waals surface area contributed by atoms with Crippen molar-refractivity contribution in [1.29, 1.82) is 0 Å². The molecule has 0 heterocycles. The van der Waals surface area contributed by atoms with E-state index in [2.05, 4.69) is 10.6 Å². The summed E-state index contributed by atoms with van der Waals surface area (Å²) in [5.74, 6) is -2.10. The molecule has 0 aromatic heterocycles. The van der Waals surface area contributed by atoms with Gasteiger partial charge in [-0.3, -0.25) is 14.4 Å². The predicted octanol–water partition coefficient (Wildman–Crippen LogP) is 0.634. The zero-order chi connectivity index (χ0) is 15.8. The van der Waals surface area contributed by atoms with Crippen molar-refractivity contribution in [3.05, 3.63) is 41.0 Å². The molecule has 0 aliphatic carbocycles. The monoisotopic (exact) mass is 290 g/mol. The SMILES string of the molecule is Cc1ccc(/C=C/C(=O)NCC(=O)NCC(=O)O)c(C)c1. The molecule has 1 aromatic carbocycles. The van der Waals surface area contributed by atoms with Crippen molar-refractivity contribution >= 4 is 23.9 Å². The molecule has 0 spiro atoms. The highest BCUT2D eigenvalue weighted by molar-refractivity contribution is 5.94. The molecule has 0 aliphatic heterocycles. The third-order valence-corrected chi connectivity index (χ3v) is 2.70. The van der Waals surface area contributed by atoms with Gasteiger partial charge in [0, 0.05) is 6.08 Å². The van der Waals surface area contributed by atoms with Crippen molar-refractivity contribution in [1.82, 2.24) is 10.6 Å². The third kappa shape index (κ3) is 6.38. The fourth-order valence-corrected chi connectivity index (χ4v) is 1.64. The summed E-state index contributed by atoms with van der Waals surface area (Å²) in [6, 6.07) is 5.87. The van der Waals surface area contributed by atoms with Crippen LogP contribution in [0.5, 0.6) is 0 Å². The summed E-state index contributed by atoms with van der Waals surface area (Å²) in [7, 11) is 0. The van der Waals surface area contributed by atoms with E-state index in [1.807, 2.05) is 32.0 Å². The van der Waals surface area contributed by atoms with Gasteiger partial charge in [0.1, 0.15) is 6.54 Å². The Morgan fingerprint density at radius 3 is 2.48 bits per heavy atom. The van der Waals surface area contributed by atoms with Gasteiger partial charge in [0.2, 0.25) is 11.8 Å². The molecule has 6 nitrogen and oxygen atoms in total. The van der Waals surface area contributed by atoms with Crippen molar-refractivity contribution in [3.8, 4) is 0 Å². The number of carbonyl (C=O) groups is 3. The number of nitrogens with one attached hydrogen (secondary N) is 2. The average Bonchev–Trinajstić information content (AvgIpc) is 2.41. The van der Waals surface area contributed by atoms with Gasteiger partial charge in [-0.2, -0.15) is 0 Å². The van der Waals surface area contributed by atoms with Gasteiger partial charge in [-0.15, -0.1) is 0 Å². The lowest BCUT2D eigenvalue weighted by molar-refractivity contribution is -0.137. The molecule has 0 saturated heterocycles. The van der Waals surface area contributed by atoms with Gasteiger partial charge in [-0.25, -0.2) is 0 Å². The molecule has 112 valence electrons. The molecule has 6 heteroatoms. The summed E-state index contributed by atoms with van der Waals surface area (Å²) in [5, 5.41) is 12.9. The van der Waals surface area contributed by atoms with E-state index in [4.69, 9.17) is 5.11 Å². The maximum absolute atomic E-state index is 11.5. The normalized spacial score (nSPS) is 10.4. The molecule has 1 rings (SSSR count). The first kappa shape index (κ1) is 16.4. The van der Waals surface area contributed by atoms with Crippen molar-refractivity contribution in [2.45, 2.75) is 13.8 Å². The first-order valence-electron chi connectivity index (χ1n) is 6.40. The molecule has 1 aromatic rings. The molecule has 2 amide bonds. The van der Waals surface area contributed by atoms with Crippen LogP contribution in [0.15, 0.2) is 24.3 Å². The summed E-state index contributed by atoms with van der Waals surface area (Å²) >= 11 is 0. The van der Waals surface area contributed by atoms with E-state index < -0.39 is 24.3 Å². The number of aryl methyl sites for hydroxylation is 2. The second-order valence-corrected chi connectivity index (χ2v) is 4.58. The molecule has 3 N–H and O–H groups in total. The van der Waals surface area contributed by atoms with Crippen LogP contribution in [-0.2, 0) is 14.4 Å². The van der Waals surface area contributed by atoms with Gasteiger partial charge in [0.05, 0.1) is 6.54 Å². The van der Waals surface area contributed by atoms with E-state index in [1.165, 1.54) is 6.08 Å². The number of rotatable bonds is 6. The van der Waals surface area contributed by atoms with Crippen LogP contribution in [0.4, 0.5) is 0 Å². The van der Waals surface area contributed by atoms with Gasteiger partial charge in [-0.05, 0) is 31.1 Å². The van der Waals surface area contributed by atoms with Crippen molar-refractivity contribution in [3.63, 3.8) is 0 Å². The lowest BCUT2D eigenvalue weighted by atomic mass is 10.1. The molecule has 0 atom stereocenters. The van der Waals surface area contributed by atoms with Gasteiger partial charge < -0.3 is 15.7 Å². The Bertz CT molecular complexity index is 579. The second kappa shape index (κ2) is 7.84. The third-order valence-electron chi connectivity index (χ3n) is 2.70. The van der Waals surface area contributed by atoms with Crippen LogP contribution in [0.1, 0.15) is 16.7 Å². The molecule has 0 bridgehead atoms. The van der Waals surface area contributed by atoms with Crippen LogP contribution in [0.3, 0.4) is 0 Å². The second-order valence-electron chi connectivity index (χ2n) is 4.58. The first-order valence-corrected chi connectivity index (χ1v) is 6.40. The molecule has 0 unspecified atom stereocenters. The maximum atomic E-state index is 11.5. The fraction of sp³-hybridized carbons (Fsp3) is 0.267. The topological polar surface area (TPSA) is 95.5 Å². The smallest absolute Gasteiger partial charge is 0.322 e. The van der Waals surface area contributed by atoms with Crippen molar-refractivity contribution in [2.24, 2.45) is 0 Å². The molecular weight excluding hydrogens is 272 g/mol. The van der Waals surface area contributed by atoms with Crippen LogP contribution in [0, 0.1) is 13.8 Å². The Morgan fingerprint density at radius 2 is 1.86 bits per heavy atom. The fourth-order valence-electron chi connectivity index (χ4n) is 1.64. The molecule has 0 fully saturated rings. The van der Waals surface area contributed by atoms with Gasteiger partial charge in [-0.1, -0.05) is 23.8 Å². The largest absolute Gasteiger partial charge is 0.480 e. The van der Waals surface area contributed by atoms with Gasteiger partial charge >= 0.3 is 5.97 Å². The summed E-state index contributed by atoms with van der Waals surface area (Å²) in [6.07, 6.45) is 3.00. The van der Waals surface area contributed by atoms with Crippen LogP contribution in [0.25, 0.3) is 6.08 Å². The van der Waals surface area contributed by atoms with Crippen LogP contribution < -0.4 is 10.6 Å². The van der Waals surface area contributed by atoms with Crippen molar-refractivity contribution in [2.75, 3.05) is 13.1 Å². The minimum absolute atomic E-state index is 0.261. The molecule has 21 heavy (non-hydrogen) atoms. The van der Waals surface area contributed by atoms with E-state index in [9.17, 15) is 14.4 Å². The summed E-state index contributed by atoms with van der Waals surface area (Å²) in [4.78, 5) is 33.0. The zero-order valence-electron chi connectivity index (χ0n) is 12.0. The van der Waals surface area contributed by atoms with E-state index in [-0.39, 0.29) is 6.54 Å². The number of carboxylic acids is 1. The Hall–Kier alpha value is -2.63. The standard InChI is InChI=1S/C15H18N2O4/c1-10-3-4-12(11(2)7-10)5-6-13(18)16-8-14(19)17-9-15(20)21/h3-7H,8-9H2,1-2H3,(H,16,18)(H,17,19)(H,20,21)/b6-5+. The highest BCUT2D eigenvalue weighted by Crippen LogP contribution is 2.11. The highest BCUT2D eigenvalue weighted by Gasteiger charge is 2.04. The van der Waals surface area contributed by atoms with Crippen LogP contribution in [-0.4, -0.2) is 36.0 Å². The lowest BCUT2D eigenvalue weighted by Crippen LogP contribution is -2.38. The minimum Gasteiger partial charge on any atom is -0.480 e. The van der Waals surface area contributed by atoms with Gasteiger partial charge in [0.25, 0.3) is 0 Å². The van der Waals surface area contributed by atoms with Crippen LogP contribution >= 0.6 is 0 Å². The number of benzene rings is 1. The summed E-state index contributed by atoms with van der Waals surface area (Å²) in [5.41, 5.74) is 3.12. The number of hydrogen-bond donors (Lipinski definition) is 3. The minimum atomic E-state index is -1.13. The maximum Gasteiger partial charge on any atom is 0.322 e. The Morgan fingerprint density at radius 1 is 1.14 bits per heavy atom. The van der Waals surface area contributed by atoms with E-state index in [1.54, 1.807) is 6.08 Å². The highest BCUT2D eigenvalue weighted by atomic mass is 16.4. The number of amides is 2. The summed E-state index contributed by atoms with van der Waals surface area (Å²) < 4.78 is 0. The Kier molecular flexibility index (Phi) is 6.13.